The number of unbranched alkanes of at least 4 members (excludes halogenated alkanes) is 8. The van der Waals surface area contributed by atoms with E-state index in [1.165, 1.54) is 36.6 Å². The number of aromatic amines is 1. The SMILES string of the molecule is C=Nc1c(C(=O)OC2C(C)CC(C)CC2C)c2nc(-c3ccc(C)c(NC(=O)C(CCCCCC)CCCCCCCC)c3)[nH]n2c1OC(=O)N1CCOCC1. The number of aromatic nitrogens is 3. The molecule has 0 radical (unpaired) electrons. The summed E-state index contributed by atoms with van der Waals surface area (Å²) in [5.74, 6) is 0.706. The van der Waals surface area contributed by atoms with Gasteiger partial charge >= 0.3 is 12.1 Å². The Hall–Kier alpha value is -4.19. The molecule has 0 spiro atoms. The average molecular weight is 775 g/mol. The molecule has 56 heavy (non-hydrogen) atoms. The number of esters is 1. The molecule has 2 fully saturated rings. The van der Waals surface area contributed by atoms with E-state index in [9.17, 15) is 14.4 Å². The first-order valence-electron chi connectivity index (χ1n) is 21.3. The molecule has 12 nitrogen and oxygen atoms in total. The molecule has 2 aromatic heterocycles. The Balaban J connectivity index is 1.44. The number of nitrogens with one attached hydrogen (secondary N) is 2. The van der Waals surface area contributed by atoms with Crippen molar-refractivity contribution in [2.75, 3.05) is 31.6 Å². The second-order valence-corrected chi connectivity index (χ2v) is 16.4. The van der Waals surface area contributed by atoms with Crippen LogP contribution in [0.3, 0.4) is 0 Å². The van der Waals surface area contributed by atoms with Gasteiger partial charge in [-0.3, -0.25) is 14.9 Å². The van der Waals surface area contributed by atoms with Gasteiger partial charge in [0.2, 0.25) is 5.91 Å². The number of hydrogen-bond donors (Lipinski definition) is 2. The van der Waals surface area contributed by atoms with E-state index in [1.54, 1.807) is 4.90 Å². The highest BCUT2D eigenvalue weighted by Gasteiger charge is 2.37. The van der Waals surface area contributed by atoms with Crippen molar-refractivity contribution < 1.29 is 28.6 Å². The van der Waals surface area contributed by atoms with Crippen LogP contribution in [0.15, 0.2) is 23.2 Å². The van der Waals surface area contributed by atoms with E-state index in [-0.39, 0.29) is 52.5 Å². The number of amides is 2. The zero-order valence-corrected chi connectivity index (χ0v) is 34.8. The maximum Gasteiger partial charge on any atom is 0.416 e. The van der Waals surface area contributed by atoms with Crippen molar-refractivity contribution in [1.82, 2.24) is 19.5 Å². The van der Waals surface area contributed by atoms with Gasteiger partial charge in [-0.1, -0.05) is 111 Å². The third kappa shape index (κ3) is 10.8. The number of aryl methyl sites for hydroxylation is 1. The van der Waals surface area contributed by atoms with E-state index in [1.807, 2.05) is 25.1 Å². The molecule has 2 aliphatic rings. The minimum absolute atomic E-state index is 0.00296. The Bertz CT molecular complexity index is 1760. The first kappa shape index (κ1) is 42.9. The summed E-state index contributed by atoms with van der Waals surface area (Å²) >= 11 is 0. The van der Waals surface area contributed by atoms with Crippen molar-refractivity contribution in [3.8, 4) is 17.3 Å². The number of fused-ring (bicyclic) bond motifs is 1. The summed E-state index contributed by atoms with van der Waals surface area (Å²) in [5.41, 5.74) is 2.68. The lowest BCUT2D eigenvalue weighted by Gasteiger charge is -2.37. The van der Waals surface area contributed by atoms with Gasteiger partial charge in [0.15, 0.2) is 11.5 Å². The molecule has 5 rings (SSSR count). The highest BCUT2D eigenvalue weighted by atomic mass is 16.6. The molecular formula is C44H66N6O6. The largest absolute Gasteiger partial charge is 0.458 e. The van der Waals surface area contributed by atoms with Gasteiger partial charge in [-0.05, 0) is 68.7 Å². The van der Waals surface area contributed by atoms with Crippen LogP contribution in [-0.4, -0.2) is 76.6 Å². The Morgan fingerprint density at radius 3 is 2.23 bits per heavy atom. The van der Waals surface area contributed by atoms with Crippen molar-refractivity contribution in [2.24, 2.45) is 28.7 Å². The lowest BCUT2D eigenvalue weighted by molar-refractivity contribution is -0.120. The molecule has 0 bridgehead atoms. The van der Waals surface area contributed by atoms with E-state index < -0.39 is 12.1 Å². The highest BCUT2D eigenvalue weighted by molar-refractivity contribution is 6.04. The summed E-state index contributed by atoms with van der Waals surface area (Å²) in [6, 6.07) is 5.77. The zero-order valence-electron chi connectivity index (χ0n) is 34.8. The second kappa shape index (κ2) is 20.8. The first-order chi connectivity index (χ1) is 27.1. The predicted octanol–water partition coefficient (Wildman–Crippen LogP) is 10.3. The first-order valence-corrected chi connectivity index (χ1v) is 21.3. The third-order valence-electron chi connectivity index (χ3n) is 11.7. The average Bonchev–Trinajstić information content (AvgIpc) is 3.73. The third-order valence-corrected chi connectivity index (χ3v) is 11.7. The number of benzene rings is 1. The Morgan fingerprint density at radius 2 is 1.59 bits per heavy atom. The number of morpholine rings is 1. The summed E-state index contributed by atoms with van der Waals surface area (Å²) < 4.78 is 19.1. The van der Waals surface area contributed by atoms with Gasteiger partial charge in [0.25, 0.3) is 5.88 Å². The van der Waals surface area contributed by atoms with Crippen LogP contribution in [0.2, 0.25) is 0 Å². The number of rotatable bonds is 19. The van der Waals surface area contributed by atoms with Crippen LogP contribution < -0.4 is 10.1 Å². The molecule has 1 aromatic carbocycles. The monoisotopic (exact) mass is 775 g/mol. The van der Waals surface area contributed by atoms with Gasteiger partial charge < -0.3 is 24.4 Å². The molecule has 12 heteroatoms. The molecule has 308 valence electrons. The van der Waals surface area contributed by atoms with Gasteiger partial charge in [-0.2, -0.15) is 0 Å². The fourth-order valence-electron chi connectivity index (χ4n) is 8.57. The predicted molar refractivity (Wildman–Crippen MR) is 222 cm³/mol. The van der Waals surface area contributed by atoms with Crippen LogP contribution >= 0.6 is 0 Å². The van der Waals surface area contributed by atoms with Crippen LogP contribution in [-0.2, 0) is 14.3 Å². The molecule has 2 amide bonds. The van der Waals surface area contributed by atoms with Gasteiger partial charge in [-0.25, -0.2) is 19.1 Å². The molecule has 1 saturated carbocycles. The number of aliphatic imine (C=N–C) groups is 1. The maximum atomic E-state index is 14.2. The molecule has 2 N–H and O–H groups in total. The summed E-state index contributed by atoms with van der Waals surface area (Å²) in [5, 5.41) is 6.51. The standard InChI is InChI=1S/C44H66N6O6/c1-8-10-12-14-15-17-19-33(18-16-13-11-9-2)41(51)46-35-28-34(21-20-30(35)4)39-47-40-36(43(52)55-38-31(5)26-29(3)27-32(38)6)37(45-7)42(50(40)48-39)56-44(53)49-22-24-54-25-23-49/h20-21,28-29,31-33,38H,7-19,22-27H2,1-6H3,(H,46,51)(H,47,48). The van der Waals surface area contributed by atoms with Crippen molar-refractivity contribution in [2.45, 2.75) is 138 Å². The minimum atomic E-state index is -0.595. The second-order valence-electron chi connectivity index (χ2n) is 16.4. The van der Waals surface area contributed by atoms with Crippen molar-refractivity contribution in [3.05, 3.63) is 29.3 Å². The number of H-pyrrole nitrogens is 1. The number of nitrogens with zero attached hydrogens (tertiary/aromatic N) is 4. The van der Waals surface area contributed by atoms with E-state index in [0.29, 0.717) is 49.3 Å². The molecule has 3 atom stereocenters. The number of anilines is 1. The number of ether oxygens (including phenoxy) is 3. The van der Waals surface area contributed by atoms with Crippen molar-refractivity contribution in [1.29, 1.82) is 0 Å². The summed E-state index contributed by atoms with van der Waals surface area (Å²) in [6.07, 6.45) is 14.5. The van der Waals surface area contributed by atoms with E-state index in [0.717, 1.165) is 63.4 Å². The number of carbonyl (C=O) groups excluding carboxylic acids is 3. The zero-order chi connectivity index (χ0) is 40.2. The van der Waals surface area contributed by atoms with Crippen LogP contribution in [0, 0.1) is 30.6 Å². The summed E-state index contributed by atoms with van der Waals surface area (Å²) in [6.45, 7) is 18.2. The summed E-state index contributed by atoms with van der Waals surface area (Å²) in [7, 11) is 0. The molecule has 1 aliphatic carbocycles. The van der Waals surface area contributed by atoms with Gasteiger partial charge in [0.05, 0.1) is 13.2 Å². The lowest BCUT2D eigenvalue weighted by Crippen LogP contribution is -2.42. The molecule has 1 saturated heterocycles. The van der Waals surface area contributed by atoms with Crippen LogP contribution in [0.1, 0.15) is 140 Å². The lowest BCUT2D eigenvalue weighted by atomic mass is 9.75. The Morgan fingerprint density at radius 1 is 0.964 bits per heavy atom. The fourth-order valence-corrected chi connectivity index (χ4v) is 8.57. The Kier molecular flexibility index (Phi) is 16.0. The smallest absolute Gasteiger partial charge is 0.416 e. The minimum Gasteiger partial charge on any atom is -0.458 e. The fraction of sp³-hybridized carbons (Fsp3) is 0.659. The summed E-state index contributed by atoms with van der Waals surface area (Å²) in [4.78, 5) is 52.1. The van der Waals surface area contributed by atoms with E-state index in [4.69, 9.17) is 19.2 Å². The maximum absolute atomic E-state index is 14.2. The van der Waals surface area contributed by atoms with E-state index in [2.05, 4.69) is 56.7 Å². The normalized spacial score (nSPS) is 20.5. The van der Waals surface area contributed by atoms with Crippen molar-refractivity contribution >= 4 is 41.7 Å². The molecule has 3 aromatic rings. The molecule has 1 aliphatic heterocycles. The molecule has 3 heterocycles. The van der Waals surface area contributed by atoms with Gasteiger partial charge in [-0.15, -0.1) is 0 Å². The van der Waals surface area contributed by atoms with Gasteiger partial charge in [0, 0.05) is 30.3 Å². The number of carbonyl (C=O) groups is 3. The van der Waals surface area contributed by atoms with E-state index >= 15 is 0 Å². The Labute approximate surface area is 333 Å². The van der Waals surface area contributed by atoms with Crippen molar-refractivity contribution in [3.63, 3.8) is 0 Å². The molecular weight excluding hydrogens is 709 g/mol. The topological polar surface area (TPSA) is 140 Å². The van der Waals surface area contributed by atoms with Crippen LogP contribution in [0.5, 0.6) is 5.88 Å². The van der Waals surface area contributed by atoms with Crippen LogP contribution in [0.4, 0.5) is 16.2 Å². The molecule has 3 unspecified atom stereocenters. The van der Waals surface area contributed by atoms with Gasteiger partial charge in [0.1, 0.15) is 17.4 Å². The highest BCUT2D eigenvalue weighted by Crippen LogP contribution is 2.41. The van der Waals surface area contributed by atoms with Crippen LogP contribution in [0.25, 0.3) is 17.0 Å². The number of hydrogen-bond acceptors (Lipinski definition) is 8. The quantitative estimate of drug-likeness (QED) is 0.0702.